The first-order valence-electron chi connectivity index (χ1n) is 6.33. The van der Waals surface area contributed by atoms with Crippen molar-refractivity contribution in [3.05, 3.63) is 24.3 Å². The van der Waals surface area contributed by atoms with Gasteiger partial charge in [-0.3, -0.25) is 4.79 Å². The number of nitrogens with one attached hydrogen (secondary N) is 1. The van der Waals surface area contributed by atoms with Crippen LogP contribution in [0.25, 0.3) is 0 Å². The van der Waals surface area contributed by atoms with Gasteiger partial charge in [0.05, 0.1) is 19.1 Å². The molecule has 0 saturated heterocycles. The molecule has 0 spiro atoms. The quantitative estimate of drug-likeness (QED) is 0.752. The SMILES string of the molecule is COC(C)C(C)Nc1ccc(OCCC(N)=O)cc1. The Hall–Kier alpha value is -1.75. The highest BCUT2D eigenvalue weighted by molar-refractivity contribution is 5.73. The van der Waals surface area contributed by atoms with Gasteiger partial charge in [0, 0.05) is 18.8 Å². The van der Waals surface area contributed by atoms with Gasteiger partial charge in [-0.2, -0.15) is 0 Å². The van der Waals surface area contributed by atoms with Gasteiger partial charge in [0.2, 0.25) is 5.91 Å². The summed E-state index contributed by atoms with van der Waals surface area (Å²) in [6, 6.07) is 7.78. The summed E-state index contributed by atoms with van der Waals surface area (Å²) in [6.45, 7) is 4.38. The van der Waals surface area contributed by atoms with Gasteiger partial charge in [0.15, 0.2) is 0 Å². The zero-order valence-corrected chi connectivity index (χ0v) is 11.7. The van der Waals surface area contributed by atoms with Crippen molar-refractivity contribution in [3.8, 4) is 5.75 Å². The molecule has 0 aromatic heterocycles. The average Bonchev–Trinajstić information content (AvgIpc) is 2.39. The molecule has 0 bridgehead atoms. The lowest BCUT2D eigenvalue weighted by Crippen LogP contribution is -2.29. The van der Waals surface area contributed by atoms with Crippen LogP contribution in [-0.2, 0) is 9.53 Å². The van der Waals surface area contributed by atoms with Gasteiger partial charge >= 0.3 is 0 Å². The van der Waals surface area contributed by atoms with Gasteiger partial charge in [-0.15, -0.1) is 0 Å². The summed E-state index contributed by atoms with van der Waals surface area (Å²) < 4.78 is 10.6. The lowest BCUT2D eigenvalue weighted by atomic mass is 10.2. The maximum Gasteiger partial charge on any atom is 0.220 e. The summed E-state index contributed by atoms with van der Waals surface area (Å²) in [5, 5.41) is 3.34. The molecule has 106 valence electrons. The van der Waals surface area contributed by atoms with Crippen LogP contribution >= 0.6 is 0 Å². The van der Waals surface area contributed by atoms with Gasteiger partial charge in [-0.25, -0.2) is 0 Å². The third-order valence-corrected chi connectivity index (χ3v) is 2.94. The van der Waals surface area contributed by atoms with Crippen molar-refractivity contribution in [1.82, 2.24) is 0 Å². The predicted molar refractivity (Wildman–Crippen MR) is 75.3 cm³/mol. The molecule has 1 aromatic carbocycles. The molecule has 0 radical (unpaired) electrons. The monoisotopic (exact) mass is 266 g/mol. The third kappa shape index (κ3) is 5.61. The largest absolute Gasteiger partial charge is 0.493 e. The van der Waals surface area contributed by atoms with E-state index in [0.29, 0.717) is 6.61 Å². The fourth-order valence-electron chi connectivity index (χ4n) is 1.50. The zero-order chi connectivity index (χ0) is 14.3. The molecule has 0 heterocycles. The second-order valence-electron chi connectivity index (χ2n) is 4.46. The Morgan fingerprint density at radius 3 is 2.47 bits per heavy atom. The van der Waals surface area contributed by atoms with E-state index in [4.69, 9.17) is 15.2 Å². The highest BCUT2D eigenvalue weighted by Crippen LogP contribution is 2.17. The van der Waals surface area contributed by atoms with Crippen LogP contribution in [0, 0.1) is 0 Å². The minimum Gasteiger partial charge on any atom is -0.493 e. The number of benzene rings is 1. The van der Waals surface area contributed by atoms with Crippen LogP contribution in [-0.4, -0.2) is 31.8 Å². The van der Waals surface area contributed by atoms with E-state index in [-0.39, 0.29) is 24.5 Å². The number of hydrogen-bond donors (Lipinski definition) is 2. The van der Waals surface area contributed by atoms with Crippen molar-refractivity contribution in [1.29, 1.82) is 0 Å². The molecule has 2 atom stereocenters. The molecule has 0 saturated carbocycles. The molecule has 0 aliphatic heterocycles. The van der Waals surface area contributed by atoms with Crippen LogP contribution in [0.15, 0.2) is 24.3 Å². The number of carbonyl (C=O) groups excluding carboxylic acids is 1. The molecule has 0 aliphatic carbocycles. The van der Waals surface area contributed by atoms with Crippen LogP contribution in [0.4, 0.5) is 5.69 Å². The number of methoxy groups -OCH3 is 1. The number of amides is 1. The third-order valence-electron chi connectivity index (χ3n) is 2.94. The van der Waals surface area contributed by atoms with Crippen LogP contribution < -0.4 is 15.8 Å². The lowest BCUT2D eigenvalue weighted by molar-refractivity contribution is -0.118. The second kappa shape index (κ2) is 7.63. The molecular weight excluding hydrogens is 244 g/mol. The molecule has 1 rings (SSSR count). The molecular formula is C14H22N2O3. The first-order chi connectivity index (χ1) is 9.02. The number of rotatable bonds is 8. The van der Waals surface area contributed by atoms with Gasteiger partial charge < -0.3 is 20.5 Å². The normalized spacial score (nSPS) is 13.6. The van der Waals surface area contributed by atoms with E-state index in [0.717, 1.165) is 11.4 Å². The van der Waals surface area contributed by atoms with Crippen molar-refractivity contribution < 1.29 is 14.3 Å². The molecule has 0 aliphatic rings. The van der Waals surface area contributed by atoms with Crippen LogP contribution in [0.1, 0.15) is 20.3 Å². The smallest absolute Gasteiger partial charge is 0.220 e. The number of hydrogen-bond acceptors (Lipinski definition) is 4. The maximum atomic E-state index is 10.6. The predicted octanol–water partition coefficient (Wildman–Crippen LogP) is 1.78. The Bertz CT molecular complexity index is 392. The van der Waals surface area contributed by atoms with Gasteiger partial charge in [-0.05, 0) is 38.1 Å². The summed E-state index contributed by atoms with van der Waals surface area (Å²) in [4.78, 5) is 10.6. The van der Waals surface area contributed by atoms with Crippen molar-refractivity contribution in [2.24, 2.45) is 5.73 Å². The molecule has 1 amide bonds. The van der Waals surface area contributed by atoms with E-state index in [2.05, 4.69) is 12.2 Å². The summed E-state index contributed by atoms with van der Waals surface area (Å²) in [6.07, 6.45) is 0.356. The standard InChI is InChI=1S/C14H22N2O3/c1-10(11(2)18-3)16-12-4-6-13(7-5-12)19-9-8-14(15)17/h4-7,10-11,16H,8-9H2,1-3H3,(H2,15,17). The number of carbonyl (C=O) groups is 1. The number of anilines is 1. The molecule has 5 heteroatoms. The highest BCUT2D eigenvalue weighted by atomic mass is 16.5. The Kier molecular flexibility index (Phi) is 6.15. The van der Waals surface area contributed by atoms with E-state index in [9.17, 15) is 4.79 Å². The van der Waals surface area contributed by atoms with Gasteiger partial charge in [0.25, 0.3) is 0 Å². The Labute approximate surface area is 114 Å². The van der Waals surface area contributed by atoms with Crippen molar-refractivity contribution in [3.63, 3.8) is 0 Å². The summed E-state index contributed by atoms with van der Waals surface area (Å²) in [5.41, 5.74) is 6.03. The fourth-order valence-corrected chi connectivity index (χ4v) is 1.50. The minimum absolute atomic E-state index is 0.131. The topological polar surface area (TPSA) is 73.6 Å². The first-order valence-corrected chi connectivity index (χ1v) is 6.33. The Morgan fingerprint density at radius 2 is 1.95 bits per heavy atom. The first kappa shape index (κ1) is 15.3. The average molecular weight is 266 g/mol. The molecule has 19 heavy (non-hydrogen) atoms. The van der Waals surface area contributed by atoms with E-state index in [1.54, 1.807) is 7.11 Å². The number of ether oxygens (including phenoxy) is 2. The zero-order valence-electron chi connectivity index (χ0n) is 11.7. The van der Waals surface area contributed by atoms with E-state index in [1.807, 2.05) is 31.2 Å². The van der Waals surface area contributed by atoms with Crippen LogP contribution in [0.2, 0.25) is 0 Å². The second-order valence-corrected chi connectivity index (χ2v) is 4.46. The summed E-state index contributed by atoms with van der Waals surface area (Å²) in [7, 11) is 1.69. The maximum absolute atomic E-state index is 10.6. The molecule has 2 unspecified atom stereocenters. The van der Waals surface area contributed by atoms with E-state index in [1.165, 1.54) is 0 Å². The van der Waals surface area contributed by atoms with Crippen molar-refractivity contribution >= 4 is 11.6 Å². The van der Waals surface area contributed by atoms with E-state index >= 15 is 0 Å². The molecule has 1 aromatic rings. The van der Waals surface area contributed by atoms with Crippen LogP contribution in [0.5, 0.6) is 5.75 Å². The van der Waals surface area contributed by atoms with Crippen molar-refractivity contribution in [2.75, 3.05) is 19.0 Å². The number of nitrogens with two attached hydrogens (primary N) is 1. The minimum atomic E-state index is -0.360. The molecule has 5 nitrogen and oxygen atoms in total. The molecule has 0 fully saturated rings. The summed E-state index contributed by atoms with van der Waals surface area (Å²) >= 11 is 0. The lowest BCUT2D eigenvalue weighted by Gasteiger charge is -2.21. The van der Waals surface area contributed by atoms with Gasteiger partial charge in [0.1, 0.15) is 5.75 Å². The molecule has 3 N–H and O–H groups in total. The Balaban J connectivity index is 2.45. The van der Waals surface area contributed by atoms with Crippen LogP contribution in [0.3, 0.4) is 0 Å². The Morgan fingerprint density at radius 1 is 1.32 bits per heavy atom. The highest BCUT2D eigenvalue weighted by Gasteiger charge is 2.10. The van der Waals surface area contributed by atoms with Gasteiger partial charge in [-0.1, -0.05) is 0 Å². The van der Waals surface area contributed by atoms with E-state index < -0.39 is 0 Å². The fraction of sp³-hybridized carbons (Fsp3) is 0.500. The number of primary amides is 1. The summed E-state index contributed by atoms with van der Waals surface area (Å²) in [5.74, 6) is 0.361. The van der Waals surface area contributed by atoms with Crippen molar-refractivity contribution in [2.45, 2.75) is 32.4 Å².